The second-order valence-electron chi connectivity index (χ2n) is 8.48. The van der Waals surface area contributed by atoms with Crippen LogP contribution < -0.4 is 10.0 Å². The summed E-state index contributed by atoms with van der Waals surface area (Å²) in [5, 5.41) is 1.92. The van der Waals surface area contributed by atoms with Crippen LogP contribution in [0.25, 0.3) is 0 Å². The number of benzene rings is 2. The van der Waals surface area contributed by atoms with E-state index in [2.05, 4.69) is 10.0 Å². The van der Waals surface area contributed by atoms with Crippen molar-refractivity contribution in [3.8, 4) is 0 Å². The lowest BCUT2D eigenvalue weighted by atomic mass is 10.0. The Kier molecular flexibility index (Phi) is 10.1. The predicted octanol–water partition coefficient (Wildman–Crippen LogP) is 3.29. The second-order valence-corrected chi connectivity index (χ2v) is 12.4. The molecule has 0 fully saturated rings. The van der Waals surface area contributed by atoms with Crippen LogP contribution in [-0.2, 0) is 37.9 Å². The molecule has 0 spiro atoms. The number of carbonyl (C=O) groups excluding carboxylic acids is 1. The fraction of sp³-hybridized carbons (Fsp3) is 0.435. The number of aryl methyl sites for hydroxylation is 1. The van der Waals surface area contributed by atoms with E-state index in [1.54, 1.807) is 0 Å². The van der Waals surface area contributed by atoms with Crippen LogP contribution >= 0.6 is 7.60 Å². The molecule has 0 unspecified atom stereocenters. The van der Waals surface area contributed by atoms with Gasteiger partial charge in [-0.25, -0.2) is 13.1 Å². The molecule has 35 heavy (non-hydrogen) atoms. The first-order valence-corrected chi connectivity index (χ1v) is 14.3. The zero-order valence-corrected chi connectivity index (χ0v) is 21.2. The summed E-state index contributed by atoms with van der Waals surface area (Å²) < 4.78 is 66.0. The van der Waals surface area contributed by atoms with Crippen LogP contribution in [0, 0.1) is 0 Å². The number of hydrogen-bond acceptors (Lipinski definition) is 4. The monoisotopic (exact) mass is 532 g/mol. The van der Waals surface area contributed by atoms with Crippen molar-refractivity contribution in [2.24, 2.45) is 0 Å². The Morgan fingerprint density at radius 3 is 2.14 bits per heavy atom. The molecule has 0 aliphatic heterocycles. The number of nitrogens with one attached hydrogen (secondary N) is 2. The normalized spacial score (nSPS) is 13.6. The van der Waals surface area contributed by atoms with E-state index in [1.165, 1.54) is 31.5 Å². The molecule has 0 bridgehead atoms. The molecule has 194 valence electrons. The largest absolute Gasteiger partial charge is 0.399 e. The van der Waals surface area contributed by atoms with Gasteiger partial charge in [0.1, 0.15) is 6.04 Å². The van der Waals surface area contributed by atoms with Gasteiger partial charge in [0.2, 0.25) is 15.9 Å². The van der Waals surface area contributed by atoms with Gasteiger partial charge >= 0.3 is 13.3 Å². The van der Waals surface area contributed by atoms with Crippen LogP contribution in [0.3, 0.4) is 0 Å². The van der Waals surface area contributed by atoms with Crippen molar-refractivity contribution in [1.82, 2.24) is 10.0 Å². The number of rotatable bonds is 13. The van der Waals surface area contributed by atoms with E-state index in [0.717, 1.165) is 25.0 Å². The Morgan fingerprint density at radius 2 is 1.60 bits per heavy atom. The smallest absolute Gasteiger partial charge is 0.355 e. The molecule has 12 heteroatoms. The zero-order chi connectivity index (χ0) is 26.3. The van der Waals surface area contributed by atoms with Gasteiger partial charge < -0.3 is 15.1 Å². The molecule has 0 saturated heterocycles. The fourth-order valence-electron chi connectivity index (χ4n) is 3.20. The highest BCUT2D eigenvalue weighted by Crippen LogP contribution is 2.59. The minimum Gasteiger partial charge on any atom is -0.355 e. The quantitative estimate of drug-likeness (QED) is 0.231. The standard InChI is InChI=1S/C23H31F2N2O6PS/c1-17(2)35(32,33)27-21(22(28)26-15-7-6-10-18-8-4-3-5-9-18)16-19-11-13-20(14-12-19)23(24,25)34(29,30)31/h3-5,8-9,11-14,17,21,27H,6-7,10,15-16H2,1-2H3,(H,26,28)(H2,29,30,31)/t21-/m0/s1. The molecule has 0 radical (unpaired) electrons. The van der Waals surface area contributed by atoms with Crippen molar-refractivity contribution in [2.45, 2.75) is 56.5 Å². The van der Waals surface area contributed by atoms with Crippen LogP contribution in [0.15, 0.2) is 54.6 Å². The zero-order valence-electron chi connectivity index (χ0n) is 19.5. The number of carbonyl (C=O) groups is 1. The maximum absolute atomic E-state index is 13.9. The van der Waals surface area contributed by atoms with Crippen LogP contribution in [-0.4, -0.2) is 41.9 Å². The third-order valence-electron chi connectivity index (χ3n) is 5.38. The summed E-state index contributed by atoms with van der Waals surface area (Å²) >= 11 is 0. The van der Waals surface area contributed by atoms with Crippen LogP contribution in [0.1, 0.15) is 43.4 Å². The molecule has 0 aliphatic carbocycles. The third kappa shape index (κ3) is 8.47. The minimum atomic E-state index is -5.72. The Morgan fingerprint density at radius 1 is 1.00 bits per heavy atom. The first-order valence-electron chi connectivity index (χ1n) is 11.1. The predicted molar refractivity (Wildman–Crippen MR) is 129 cm³/mol. The van der Waals surface area contributed by atoms with Crippen molar-refractivity contribution in [3.05, 3.63) is 71.3 Å². The summed E-state index contributed by atoms with van der Waals surface area (Å²) in [7, 11) is -9.53. The molecule has 2 aromatic carbocycles. The molecule has 2 rings (SSSR count). The summed E-state index contributed by atoms with van der Waals surface area (Å²) in [4.78, 5) is 30.5. The van der Waals surface area contributed by atoms with E-state index >= 15 is 0 Å². The van der Waals surface area contributed by atoms with Gasteiger partial charge in [0, 0.05) is 12.1 Å². The molecular weight excluding hydrogens is 501 g/mol. The SMILES string of the molecule is CC(C)S(=O)(=O)N[C@@H](Cc1ccc(C(F)(F)P(=O)(O)O)cc1)C(=O)NCCCCc1ccccc1. The minimum absolute atomic E-state index is 0.135. The maximum atomic E-state index is 13.9. The van der Waals surface area contributed by atoms with E-state index in [-0.39, 0.29) is 6.42 Å². The van der Waals surface area contributed by atoms with Crippen molar-refractivity contribution in [2.75, 3.05) is 6.54 Å². The van der Waals surface area contributed by atoms with E-state index in [0.29, 0.717) is 18.5 Å². The highest BCUT2D eigenvalue weighted by atomic mass is 32.2. The van der Waals surface area contributed by atoms with Crippen molar-refractivity contribution in [1.29, 1.82) is 0 Å². The number of unbranched alkanes of at least 4 members (excludes halogenated alkanes) is 1. The van der Waals surface area contributed by atoms with E-state index < -0.39 is 46.0 Å². The summed E-state index contributed by atoms with van der Waals surface area (Å²) in [6, 6.07) is 12.7. The Hall–Kier alpha value is -2.17. The van der Waals surface area contributed by atoms with Gasteiger partial charge in [0.05, 0.1) is 5.25 Å². The fourth-order valence-corrected chi connectivity index (χ4v) is 4.55. The lowest BCUT2D eigenvalue weighted by Gasteiger charge is -2.21. The number of alkyl halides is 2. The number of hydrogen-bond donors (Lipinski definition) is 4. The average molecular weight is 533 g/mol. The second kappa shape index (κ2) is 12.2. The van der Waals surface area contributed by atoms with Gasteiger partial charge in [-0.05, 0) is 50.7 Å². The Labute approximate surface area is 204 Å². The summed E-state index contributed by atoms with van der Waals surface area (Å²) in [6.07, 6.45) is 2.20. The average Bonchev–Trinajstić information content (AvgIpc) is 2.78. The summed E-state index contributed by atoms with van der Waals surface area (Å²) in [5.74, 6) is -0.557. The molecule has 0 heterocycles. The molecule has 8 nitrogen and oxygen atoms in total. The molecule has 1 amide bonds. The molecule has 0 aromatic heterocycles. The van der Waals surface area contributed by atoms with Gasteiger partial charge in [-0.15, -0.1) is 0 Å². The van der Waals surface area contributed by atoms with E-state index in [4.69, 9.17) is 9.79 Å². The lowest BCUT2D eigenvalue weighted by molar-refractivity contribution is -0.122. The van der Waals surface area contributed by atoms with Gasteiger partial charge in [-0.1, -0.05) is 54.6 Å². The van der Waals surface area contributed by atoms with Gasteiger partial charge in [0.25, 0.3) is 0 Å². The summed E-state index contributed by atoms with van der Waals surface area (Å²) in [6.45, 7) is 3.25. The topological polar surface area (TPSA) is 133 Å². The highest BCUT2D eigenvalue weighted by molar-refractivity contribution is 7.90. The van der Waals surface area contributed by atoms with Crippen LogP contribution in [0.2, 0.25) is 0 Å². The molecule has 1 atom stereocenters. The molecule has 0 aliphatic rings. The molecular formula is C23H31F2N2O6PS. The van der Waals surface area contributed by atoms with Gasteiger partial charge in [0.15, 0.2) is 0 Å². The number of amides is 1. The van der Waals surface area contributed by atoms with E-state index in [9.17, 15) is 26.6 Å². The van der Waals surface area contributed by atoms with Crippen molar-refractivity contribution in [3.63, 3.8) is 0 Å². The maximum Gasteiger partial charge on any atom is 0.399 e. The molecule has 0 saturated carbocycles. The van der Waals surface area contributed by atoms with Gasteiger partial charge in [-0.3, -0.25) is 9.36 Å². The Balaban J connectivity index is 2.05. The van der Waals surface area contributed by atoms with Crippen molar-refractivity contribution < 1.29 is 36.3 Å². The first kappa shape index (κ1) is 29.1. The third-order valence-corrected chi connectivity index (χ3v) is 8.23. The summed E-state index contributed by atoms with van der Waals surface area (Å²) in [5.41, 5.74) is -3.72. The highest BCUT2D eigenvalue weighted by Gasteiger charge is 2.50. The number of halogens is 2. The van der Waals surface area contributed by atoms with E-state index in [1.807, 2.05) is 30.3 Å². The molecule has 2 aromatic rings. The van der Waals surface area contributed by atoms with Crippen LogP contribution in [0.4, 0.5) is 8.78 Å². The first-order chi connectivity index (χ1) is 16.2. The van der Waals surface area contributed by atoms with Gasteiger partial charge in [-0.2, -0.15) is 8.78 Å². The Bertz CT molecular complexity index is 1120. The molecule has 4 N–H and O–H groups in total. The number of sulfonamides is 1. The van der Waals surface area contributed by atoms with Crippen LogP contribution in [0.5, 0.6) is 0 Å². The van der Waals surface area contributed by atoms with Crippen molar-refractivity contribution >= 4 is 23.5 Å². The lowest BCUT2D eigenvalue weighted by Crippen LogP contribution is -2.49.